The second-order valence-electron chi connectivity index (χ2n) is 5.94. The first kappa shape index (κ1) is 16.9. The van der Waals surface area contributed by atoms with Crippen LogP contribution in [0.2, 0.25) is 0 Å². The normalized spacial score (nSPS) is 11.0. The molecule has 7 nitrogen and oxygen atoms in total. The molecule has 0 bridgehead atoms. The molecule has 0 spiro atoms. The van der Waals surface area contributed by atoms with Crippen molar-refractivity contribution in [3.8, 4) is 17.3 Å². The third-order valence-corrected chi connectivity index (χ3v) is 3.91. The maximum Gasteiger partial charge on any atom is 0.178 e. The number of ether oxygens (including phenoxy) is 1. The fraction of sp³-hybridized carbons (Fsp3) is 0.278. The molecular weight excluding hydrogens is 318 g/mol. The highest BCUT2D eigenvalue weighted by Gasteiger charge is 2.15. The van der Waals surface area contributed by atoms with E-state index in [9.17, 15) is 4.79 Å². The molecule has 2 N–H and O–H groups in total. The van der Waals surface area contributed by atoms with Crippen LogP contribution in [-0.4, -0.2) is 60.4 Å². The zero-order chi connectivity index (χ0) is 17.8. The molecule has 0 atom stereocenters. The maximum atomic E-state index is 11.6. The number of benzene rings is 1. The Hall–Kier alpha value is -2.93. The molecule has 130 valence electrons. The number of hydrogen-bond acceptors (Lipinski definition) is 6. The van der Waals surface area contributed by atoms with Crippen molar-refractivity contribution in [3.05, 3.63) is 36.0 Å². The number of methoxy groups -OCH3 is 1. The quantitative estimate of drug-likeness (QED) is 0.643. The number of H-pyrrole nitrogens is 1. The molecule has 2 heterocycles. The fourth-order valence-corrected chi connectivity index (χ4v) is 2.61. The van der Waals surface area contributed by atoms with E-state index >= 15 is 0 Å². The van der Waals surface area contributed by atoms with Crippen molar-refractivity contribution in [1.82, 2.24) is 19.9 Å². The summed E-state index contributed by atoms with van der Waals surface area (Å²) >= 11 is 0. The molecule has 0 aliphatic heterocycles. The van der Waals surface area contributed by atoms with Gasteiger partial charge >= 0.3 is 0 Å². The molecular formula is C18H21N5O2. The molecule has 3 aromatic rings. The van der Waals surface area contributed by atoms with Gasteiger partial charge in [-0.15, -0.1) is 0 Å². The van der Waals surface area contributed by atoms with Crippen LogP contribution in [0.15, 0.2) is 30.5 Å². The molecule has 0 fully saturated rings. The molecule has 0 aliphatic carbocycles. The van der Waals surface area contributed by atoms with Gasteiger partial charge in [0.25, 0.3) is 0 Å². The van der Waals surface area contributed by atoms with Crippen molar-refractivity contribution in [2.24, 2.45) is 0 Å². The van der Waals surface area contributed by atoms with Crippen LogP contribution in [0, 0.1) is 0 Å². The Morgan fingerprint density at radius 1 is 1.32 bits per heavy atom. The van der Waals surface area contributed by atoms with Gasteiger partial charge < -0.3 is 19.9 Å². The zero-order valence-corrected chi connectivity index (χ0v) is 14.5. The van der Waals surface area contributed by atoms with Gasteiger partial charge in [-0.3, -0.25) is 4.79 Å². The van der Waals surface area contributed by atoms with Crippen LogP contribution in [0.3, 0.4) is 0 Å². The number of aromatic amines is 1. The van der Waals surface area contributed by atoms with Crippen LogP contribution in [-0.2, 0) is 0 Å². The Balaban J connectivity index is 1.96. The number of fused-ring (bicyclic) bond motifs is 1. The second-order valence-corrected chi connectivity index (χ2v) is 5.94. The summed E-state index contributed by atoms with van der Waals surface area (Å²) in [4.78, 5) is 25.8. The molecule has 0 unspecified atom stereocenters. The Bertz CT molecular complexity index is 888. The number of rotatable bonds is 7. The lowest BCUT2D eigenvalue weighted by Crippen LogP contribution is -2.21. The van der Waals surface area contributed by atoms with Crippen molar-refractivity contribution in [2.75, 3.05) is 39.6 Å². The lowest BCUT2D eigenvalue weighted by molar-refractivity contribution is 0.112. The largest absolute Gasteiger partial charge is 0.497 e. The van der Waals surface area contributed by atoms with Crippen LogP contribution in [0.25, 0.3) is 22.4 Å². The Labute approximate surface area is 146 Å². The summed E-state index contributed by atoms with van der Waals surface area (Å²) in [5, 5.41) is 4.08. The molecule has 0 aliphatic rings. The van der Waals surface area contributed by atoms with Gasteiger partial charge in [-0.25, -0.2) is 9.97 Å². The number of nitrogens with one attached hydrogen (secondary N) is 2. The number of aromatic nitrogens is 3. The topological polar surface area (TPSA) is 83.1 Å². The van der Waals surface area contributed by atoms with Gasteiger partial charge in [-0.1, -0.05) is 0 Å². The number of nitrogens with zero attached hydrogens (tertiary/aromatic N) is 3. The van der Waals surface area contributed by atoms with E-state index in [2.05, 4.69) is 25.2 Å². The molecule has 2 aromatic heterocycles. The van der Waals surface area contributed by atoms with Crippen LogP contribution in [0.1, 0.15) is 10.4 Å². The molecule has 7 heteroatoms. The summed E-state index contributed by atoms with van der Waals surface area (Å²) < 4.78 is 5.24. The number of aldehydes is 1. The lowest BCUT2D eigenvalue weighted by atomic mass is 10.1. The number of anilines is 1. The summed E-state index contributed by atoms with van der Waals surface area (Å²) in [6.45, 7) is 1.67. The van der Waals surface area contributed by atoms with E-state index in [1.54, 1.807) is 13.3 Å². The predicted molar refractivity (Wildman–Crippen MR) is 98.3 cm³/mol. The Morgan fingerprint density at radius 3 is 2.88 bits per heavy atom. The predicted octanol–water partition coefficient (Wildman–Crippen LogP) is 2.42. The summed E-state index contributed by atoms with van der Waals surface area (Å²) in [5.41, 5.74) is 1.96. The SMILES string of the molecule is COc1ccc2c(C=O)c(-c3nccc(NCCN(C)C)n3)[nH]c2c1. The smallest absolute Gasteiger partial charge is 0.178 e. The van der Waals surface area contributed by atoms with Gasteiger partial charge in [-0.2, -0.15) is 0 Å². The Morgan fingerprint density at radius 2 is 2.16 bits per heavy atom. The van der Waals surface area contributed by atoms with Gasteiger partial charge in [0, 0.05) is 30.7 Å². The van der Waals surface area contributed by atoms with E-state index in [-0.39, 0.29) is 0 Å². The summed E-state index contributed by atoms with van der Waals surface area (Å²) in [7, 11) is 5.64. The van der Waals surface area contributed by atoms with Crippen LogP contribution >= 0.6 is 0 Å². The highest BCUT2D eigenvalue weighted by Crippen LogP contribution is 2.29. The minimum absolute atomic E-state index is 0.479. The molecule has 0 saturated carbocycles. The number of hydrogen-bond donors (Lipinski definition) is 2. The minimum Gasteiger partial charge on any atom is -0.497 e. The molecule has 0 radical (unpaired) electrons. The molecule has 3 rings (SSSR count). The number of likely N-dealkylation sites (N-methyl/N-ethyl adjacent to an activating group) is 1. The Kier molecular flexibility index (Phi) is 4.95. The number of carbonyl (C=O) groups is 1. The van der Waals surface area contributed by atoms with E-state index in [1.165, 1.54) is 0 Å². The zero-order valence-electron chi connectivity index (χ0n) is 14.5. The molecule has 25 heavy (non-hydrogen) atoms. The average molecular weight is 339 g/mol. The standard InChI is InChI=1S/C18H21N5O2/c1-23(2)9-8-19-16-6-7-20-18(22-16)17-14(11-24)13-5-4-12(25-3)10-15(13)21-17/h4-7,10-11,21H,8-9H2,1-3H3,(H,19,20,22). The molecule has 1 aromatic carbocycles. The molecule has 0 amide bonds. The lowest BCUT2D eigenvalue weighted by Gasteiger charge is -2.11. The van der Waals surface area contributed by atoms with Crippen molar-refractivity contribution in [3.63, 3.8) is 0 Å². The van der Waals surface area contributed by atoms with Crippen molar-refractivity contribution in [2.45, 2.75) is 0 Å². The first-order valence-electron chi connectivity index (χ1n) is 7.99. The van der Waals surface area contributed by atoms with Gasteiger partial charge in [0.2, 0.25) is 0 Å². The minimum atomic E-state index is 0.479. The van der Waals surface area contributed by atoms with Crippen LogP contribution in [0.4, 0.5) is 5.82 Å². The van der Waals surface area contributed by atoms with Crippen molar-refractivity contribution < 1.29 is 9.53 Å². The highest BCUT2D eigenvalue weighted by molar-refractivity contribution is 6.04. The first-order valence-corrected chi connectivity index (χ1v) is 7.99. The van der Waals surface area contributed by atoms with Gasteiger partial charge in [-0.05, 0) is 32.3 Å². The van der Waals surface area contributed by atoms with Gasteiger partial charge in [0.05, 0.1) is 23.9 Å². The summed E-state index contributed by atoms with van der Waals surface area (Å²) in [5.74, 6) is 1.92. The summed E-state index contributed by atoms with van der Waals surface area (Å²) in [6, 6.07) is 7.35. The van der Waals surface area contributed by atoms with E-state index in [4.69, 9.17) is 4.74 Å². The average Bonchev–Trinajstić information content (AvgIpc) is 2.99. The first-order chi connectivity index (χ1) is 12.1. The van der Waals surface area contributed by atoms with Crippen LogP contribution in [0.5, 0.6) is 5.75 Å². The monoisotopic (exact) mass is 339 g/mol. The van der Waals surface area contributed by atoms with Crippen molar-refractivity contribution in [1.29, 1.82) is 0 Å². The second kappa shape index (κ2) is 7.31. The van der Waals surface area contributed by atoms with E-state index in [0.29, 0.717) is 17.1 Å². The van der Waals surface area contributed by atoms with Crippen LogP contribution < -0.4 is 10.1 Å². The van der Waals surface area contributed by atoms with Crippen molar-refractivity contribution >= 4 is 23.0 Å². The van der Waals surface area contributed by atoms with E-state index in [0.717, 1.165) is 41.8 Å². The highest BCUT2D eigenvalue weighted by atomic mass is 16.5. The molecule has 0 saturated heterocycles. The van der Waals surface area contributed by atoms with E-state index in [1.807, 2.05) is 38.4 Å². The van der Waals surface area contributed by atoms with Gasteiger partial charge in [0.1, 0.15) is 11.6 Å². The number of carbonyl (C=O) groups excluding carboxylic acids is 1. The third-order valence-electron chi connectivity index (χ3n) is 3.91. The third kappa shape index (κ3) is 3.61. The maximum absolute atomic E-state index is 11.6. The van der Waals surface area contributed by atoms with Gasteiger partial charge in [0.15, 0.2) is 12.1 Å². The fourth-order valence-electron chi connectivity index (χ4n) is 2.61. The summed E-state index contributed by atoms with van der Waals surface area (Å²) in [6.07, 6.45) is 2.51. The van der Waals surface area contributed by atoms with E-state index < -0.39 is 0 Å².